The minimum Gasteiger partial charge on any atom is -0.493 e. The van der Waals surface area contributed by atoms with Gasteiger partial charge in [0.2, 0.25) is 11.7 Å². The van der Waals surface area contributed by atoms with Gasteiger partial charge in [0.1, 0.15) is 11.7 Å². The van der Waals surface area contributed by atoms with Crippen LogP contribution in [0.3, 0.4) is 0 Å². The molecule has 206 valence electrons. The zero-order chi connectivity index (χ0) is 27.8. The summed E-state index contributed by atoms with van der Waals surface area (Å²) < 4.78 is 16.7. The molecule has 9 heteroatoms. The Balaban J connectivity index is 1.90. The molecule has 0 unspecified atom stereocenters. The Hall–Kier alpha value is -4.14. The molecule has 0 aliphatic heterocycles. The van der Waals surface area contributed by atoms with E-state index in [1.165, 1.54) is 44.8 Å². The Kier molecular flexibility index (Phi) is 9.35. The molecule has 0 bridgehead atoms. The predicted octanol–water partition coefficient (Wildman–Crippen LogP) is 4.90. The summed E-state index contributed by atoms with van der Waals surface area (Å²) in [5.74, 6) is 0.415. The van der Waals surface area contributed by atoms with Crippen molar-refractivity contribution in [1.29, 1.82) is 0 Å². The molecule has 1 aromatic heterocycles. The van der Waals surface area contributed by atoms with Gasteiger partial charge in [0.15, 0.2) is 11.5 Å². The Labute approximate surface area is 229 Å². The number of ether oxygens (including phenoxy) is 3. The van der Waals surface area contributed by atoms with Gasteiger partial charge in [-0.1, -0.05) is 38.3 Å². The number of nitrogens with one attached hydrogen (secondary N) is 1. The van der Waals surface area contributed by atoms with Gasteiger partial charge in [0.25, 0.3) is 5.91 Å². The van der Waals surface area contributed by atoms with Gasteiger partial charge in [-0.2, -0.15) is 0 Å². The lowest BCUT2D eigenvalue weighted by molar-refractivity contribution is -0.123. The van der Waals surface area contributed by atoms with E-state index in [0.717, 1.165) is 44.1 Å². The van der Waals surface area contributed by atoms with Crippen molar-refractivity contribution in [3.8, 4) is 17.2 Å². The first kappa shape index (κ1) is 27.9. The van der Waals surface area contributed by atoms with Crippen LogP contribution in [0.25, 0.3) is 0 Å². The molecular formula is C30H36N4O5. The van der Waals surface area contributed by atoms with Gasteiger partial charge >= 0.3 is 0 Å². The number of rotatable bonds is 10. The van der Waals surface area contributed by atoms with Crippen molar-refractivity contribution in [2.24, 2.45) is 0 Å². The van der Waals surface area contributed by atoms with Gasteiger partial charge < -0.3 is 19.5 Å². The number of methoxy groups -OCH3 is 3. The van der Waals surface area contributed by atoms with Crippen LogP contribution < -0.4 is 24.4 Å². The second kappa shape index (κ2) is 13.1. The summed E-state index contributed by atoms with van der Waals surface area (Å²) >= 11 is 0. The largest absolute Gasteiger partial charge is 0.493 e. The number of anilines is 1. The van der Waals surface area contributed by atoms with E-state index >= 15 is 0 Å². The molecule has 2 amide bonds. The Morgan fingerprint density at radius 1 is 0.974 bits per heavy atom. The van der Waals surface area contributed by atoms with Gasteiger partial charge in [0.05, 0.1) is 27.5 Å². The molecular weight excluding hydrogens is 496 g/mol. The molecule has 1 atom stereocenters. The average Bonchev–Trinajstić information content (AvgIpc) is 2.99. The maximum Gasteiger partial charge on any atom is 0.279 e. The molecule has 1 saturated carbocycles. The zero-order valence-electron chi connectivity index (χ0n) is 23.0. The van der Waals surface area contributed by atoms with Crippen molar-refractivity contribution >= 4 is 17.5 Å². The highest BCUT2D eigenvalue weighted by Gasteiger charge is 2.36. The number of aromatic nitrogens is 2. The monoisotopic (exact) mass is 532 g/mol. The third kappa shape index (κ3) is 6.30. The van der Waals surface area contributed by atoms with Gasteiger partial charge in [-0.25, -0.2) is 4.98 Å². The zero-order valence-corrected chi connectivity index (χ0v) is 23.0. The Bertz CT molecular complexity index is 1240. The number of benzene rings is 2. The minimum absolute atomic E-state index is 0.0340. The van der Waals surface area contributed by atoms with Crippen LogP contribution in [-0.4, -0.2) is 49.2 Å². The molecule has 3 aromatic rings. The summed E-state index contributed by atoms with van der Waals surface area (Å²) in [5, 5.41) is 3.22. The van der Waals surface area contributed by atoms with Crippen LogP contribution in [0.4, 0.5) is 5.69 Å². The van der Waals surface area contributed by atoms with Crippen molar-refractivity contribution in [3.05, 3.63) is 71.8 Å². The summed E-state index contributed by atoms with van der Waals surface area (Å²) in [5.41, 5.74) is 2.30. The lowest BCUT2D eigenvalue weighted by atomic mass is 9.94. The lowest BCUT2D eigenvalue weighted by Crippen LogP contribution is -2.47. The molecule has 1 aliphatic carbocycles. The number of hydrogen-bond donors (Lipinski definition) is 1. The van der Waals surface area contributed by atoms with Crippen molar-refractivity contribution in [2.45, 2.75) is 57.5 Å². The topological polar surface area (TPSA) is 103 Å². The first-order chi connectivity index (χ1) is 19.0. The summed E-state index contributed by atoms with van der Waals surface area (Å²) in [6.07, 6.45) is 10.3. The van der Waals surface area contributed by atoms with Gasteiger partial charge in [-0.05, 0) is 54.7 Å². The average molecular weight is 533 g/mol. The number of nitrogens with zero attached hydrogens (tertiary/aromatic N) is 3. The number of amides is 2. The van der Waals surface area contributed by atoms with Gasteiger partial charge in [-0.3, -0.25) is 19.5 Å². The second-order valence-corrected chi connectivity index (χ2v) is 9.49. The van der Waals surface area contributed by atoms with Crippen LogP contribution in [0, 0.1) is 0 Å². The molecule has 1 aliphatic rings. The van der Waals surface area contributed by atoms with E-state index in [0.29, 0.717) is 28.5 Å². The van der Waals surface area contributed by atoms with E-state index in [-0.39, 0.29) is 17.6 Å². The van der Waals surface area contributed by atoms with Crippen LogP contribution >= 0.6 is 0 Å². The number of carbonyl (C=O) groups is 2. The maximum absolute atomic E-state index is 14.2. The summed E-state index contributed by atoms with van der Waals surface area (Å²) in [6, 6.07) is 10.0. The number of hydrogen-bond acceptors (Lipinski definition) is 7. The van der Waals surface area contributed by atoms with Crippen molar-refractivity contribution in [1.82, 2.24) is 15.3 Å². The van der Waals surface area contributed by atoms with Crippen molar-refractivity contribution in [2.75, 3.05) is 26.2 Å². The SMILES string of the molecule is CCc1ccc(N(C(=O)c2cnccn2)[C@H](C(=O)NC2CCCCC2)c2cc(OC)c(OC)c(OC)c2)cc1. The molecule has 1 N–H and O–H groups in total. The van der Waals surface area contributed by atoms with E-state index in [1.807, 2.05) is 24.3 Å². The summed E-state index contributed by atoms with van der Waals surface area (Å²) in [6.45, 7) is 2.06. The van der Waals surface area contributed by atoms with Gasteiger partial charge in [-0.15, -0.1) is 0 Å². The molecule has 39 heavy (non-hydrogen) atoms. The lowest BCUT2D eigenvalue weighted by Gasteiger charge is -2.33. The highest BCUT2D eigenvalue weighted by molar-refractivity contribution is 6.09. The highest BCUT2D eigenvalue weighted by Crippen LogP contribution is 2.42. The first-order valence-electron chi connectivity index (χ1n) is 13.3. The van der Waals surface area contributed by atoms with Crippen LogP contribution in [0.15, 0.2) is 55.0 Å². The molecule has 4 rings (SSSR count). The van der Waals surface area contributed by atoms with E-state index in [9.17, 15) is 9.59 Å². The van der Waals surface area contributed by atoms with Gasteiger partial charge in [0, 0.05) is 24.1 Å². The molecule has 0 radical (unpaired) electrons. The standard InChI is InChI=1S/C30H36N4O5/c1-5-20-11-13-23(14-12-20)34(30(36)24-19-31-15-16-32-24)27(29(35)33-22-9-7-6-8-10-22)21-17-25(37-2)28(39-4)26(18-21)38-3/h11-19,22,27H,5-10H2,1-4H3,(H,33,35)/t27-/m0/s1. The molecule has 0 saturated heterocycles. The maximum atomic E-state index is 14.2. The molecule has 1 heterocycles. The number of aryl methyl sites for hydroxylation is 1. The predicted molar refractivity (Wildman–Crippen MR) is 149 cm³/mol. The number of carbonyl (C=O) groups excluding carboxylic acids is 2. The molecule has 2 aromatic carbocycles. The Morgan fingerprint density at radius 3 is 2.18 bits per heavy atom. The fraction of sp³-hybridized carbons (Fsp3) is 0.400. The smallest absolute Gasteiger partial charge is 0.279 e. The summed E-state index contributed by atoms with van der Waals surface area (Å²) in [7, 11) is 4.56. The molecule has 1 fully saturated rings. The first-order valence-corrected chi connectivity index (χ1v) is 13.3. The van der Waals surface area contributed by atoms with Crippen molar-refractivity contribution < 1.29 is 23.8 Å². The van der Waals surface area contributed by atoms with Crippen LogP contribution in [0.2, 0.25) is 0 Å². The fourth-order valence-corrected chi connectivity index (χ4v) is 5.01. The molecule has 0 spiro atoms. The highest BCUT2D eigenvalue weighted by atomic mass is 16.5. The van der Waals surface area contributed by atoms with Crippen LogP contribution in [-0.2, 0) is 11.2 Å². The third-order valence-electron chi connectivity index (χ3n) is 7.08. The Morgan fingerprint density at radius 2 is 1.64 bits per heavy atom. The van der Waals surface area contributed by atoms with Crippen LogP contribution in [0.1, 0.15) is 66.7 Å². The third-order valence-corrected chi connectivity index (χ3v) is 7.08. The normalized spacial score (nSPS) is 14.3. The van der Waals surface area contributed by atoms with E-state index < -0.39 is 11.9 Å². The van der Waals surface area contributed by atoms with E-state index in [4.69, 9.17) is 14.2 Å². The summed E-state index contributed by atoms with van der Waals surface area (Å²) in [4.78, 5) is 38.1. The van der Waals surface area contributed by atoms with E-state index in [2.05, 4.69) is 22.2 Å². The van der Waals surface area contributed by atoms with Crippen molar-refractivity contribution in [3.63, 3.8) is 0 Å². The molecule has 9 nitrogen and oxygen atoms in total. The quantitative estimate of drug-likeness (QED) is 0.396. The minimum atomic E-state index is -1.05. The second-order valence-electron chi connectivity index (χ2n) is 9.49. The van der Waals surface area contributed by atoms with E-state index in [1.54, 1.807) is 12.1 Å². The fourth-order valence-electron chi connectivity index (χ4n) is 5.01. The van der Waals surface area contributed by atoms with Crippen LogP contribution in [0.5, 0.6) is 17.2 Å².